The summed E-state index contributed by atoms with van der Waals surface area (Å²) in [6.07, 6.45) is 7.71. The fourth-order valence-electron chi connectivity index (χ4n) is 4.65. The number of carbonyl (C=O) groups excluding carboxylic acids is 1. The lowest BCUT2D eigenvalue weighted by Gasteiger charge is -2.43. The van der Waals surface area contributed by atoms with Crippen LogP contribution in [0.15, 0.2) is 42.7 Å². The monoisotopic (exact) mass is 458 g/mol. The van der Waals surface area contributed by atoms with Gasteiger partial charge in [0.1, 0.15) is 5.75 Å². The standard InChI is InChI=1S/C23H30N4O4S/c1-23(11-7-13-27(17-23)32(2,29)30)22(28)26-12-6-8-18(16-26)20-14-24-15-21(25-20)31-19-9-4-3-5-10-19/h3-5,9-10,14-15,18H,6-8,11-13,16-17H2,1-2H3/t18-,23-/m0/s1. The first kappa shape index (κ1) is 22.7. The number of aromatic nitrogens is 2. The molecule has 1 aromatic heterocycles. The molecule has 0 spiro atoms. The van der Waals surface area contributed by atoms with E-state index in [1.54, 1.807) is 12.4 Å². The molecule has 2 fully saturated rings. The third-order valence-corrected chi connectivity index (χ3v) is 7.62. The summed E-state index contributed by atoms with van der Waals surface area (Å²) in [4.78, 5) is 24.3. The van der Waals surface area contributed by atoms with Gasteiger partial charge in [-0.1, -0.05) is 18.2 Å². The molecule has 2 aliphatic rings. The predicted octanol–water partition coefficient (Wildman–Crippen LogP) is 3.04. The number of carbonyl (C=O) groups is 1. The molecule has 1 amide bonds. The van der Waals surface area contributed by atoms with Crippen molar-refractivity contribution in [2.45, 2.75) is 38.5 Å². The zero-order chi connectivity index (χ0) is 22.8. The third kappa shape index (κ3) is 5.10. The van der Waals surface area contributed by atoms with Crippen LogP contribution in [-0.2, 0) is 14.8 Å². The van der Waals surface area contributed by atoms with Gasteiger partial charge in [0, 0.05) is 38.3 Å². The number of piperidine rings is 2. The van der Waals surface area contributed by atoms with E-state index in [0.717, 1.165) is 18.5 Å². The summed E-state index contributed by atoms with van der Waals surface area (Å²) >= 11 is 0. The van der Waals surface area contributed by atoms with E-state index in [9.17, 15) is 13.2 Å². The van der Waals surface area contributed by atoms with Crippen molar-refractivity contribution < 1.29 is 17.9 Å². The van der Waals surface area contributed by atoms with E-state index in [4.69, 9.17) is 4.74 Å². The molecular weight excluding hydrogens is 428 g/mol. The second-order valence-corrected chi connectivity index (χ2v) is 11.0. The Morgan fingerprint density at radius 2 is 1.94 bits per heavy atom. The fraction of sp³-hybridized carbons (Fsp3) is 0.522. The number of likely N-dealkylation sites (tertiary alicyclic amines) is 1. The molecule has 2 saturated heterocycles. The molecule has 2 aromatic rings. The number of benzene rings is 1. The smallest absolute Gasteiger partial charge is 0.238 e. The first-order chi connectivity index (χ1) is 15.2. The maximum Gasteiger partial charge on any atom is 0.238 e. The molecule has 0 unspecified atom stereocenters. The lowest BCUT2D eigenvalue weighted by Crippen LogP contribution is -2.54. The van der Waals surface area contributed by atoms with Gasteiger partial charge in [0.05, 0.1) is 23.6 Å². The highest BCUT2D eigenvalue weighted by Crippen LogP contribution is 2.35. The summed E-state index contributed by atoms with van der Waals surface area (Å²) in [5, 5.41) is 0. The van der Waals surface area contributed by atoms with Gasteiger partial charge in [0.25, 0.3) is 0 Å². The van der Waals surface area contributed by atoms with Gasteiger partial charge in [-0.05, 0) is 44.7 Å². The number of amides is 1. The zero-order valence-electron chi connectivity index (χ0n) is 18.6. The van der Waals surface area contributed by atoms with Gasteiger partial charge in [-0.2, -0.15) is 0 Å². The van der Waals surface area contributed by atoms with Gasteiger partial charge >= 0.3 is 0 Å². The van der Waals surface area contributed by atoms with Crippen molar-refractivity contribution in [1.29, 1.82) is 0 Å². The average Bonchev–Trinajstić information content (AvgIpc) is 2.79. The molecule has 1 aromatic carbocycles. The van der Waals surface area contributed by atoms with Crippen LogP contribution in [0, 0.1) is 5.41 Å². The summed E-state index contributed by atoms with van der Waals surface area (Å²) in [7, 11) is -3.32. The summed E-state index contributed by atoms with van der Waals surface area (Å²) < 4.78 is 31.4. The highest BCUT2D eigenvalue weighted by molar-refractivity contribution is 7.88. The fourth-order valence-corrected chi connectivity index (χ4v) is 5.63. The molecule has 0 bridgehead atoms. The second-order valence-electron chi connectivity index (χ2n) is 9.05. The van der Waals surface area contributed by atoms with Crippen molar-refractivity contribution in [2.24, 2.45) is 5.41 Å². The van der Waals surface area contributed by atoms with Crippen LogP contribution < -0.4 is 4.74 Å². The molecule has 0 aliphatic carbocycles. The molecule has 172 valence electrons. The molecule has 0 N–H and O–H groups in total. The summed E-state index contributed by atoms with van der Waals surface area (Å²) in [6.45, 7) is 3.85. The molecule has 9 heteroatoms. The molecule has 0 saturated carbocycles. The SMILES string of the molecule is C[C@]1(C(=O)N2CCC[C@H](c3cncc(Oc4ccccc4)n3)C2)CCCN(S(C)(=O)=O)C1. The van der Waals surface area contributed by atoms with Crippen LogP contribution in [0.3, 0.4) is 0 Å². The highest BCUT2D eigenvalue weighted by Gasteiger charge is 2.43. The van der Waals surface area contributed by atoms with Gasteiger partial charge in [0.15, 0.2) is 0 Å². The van der Waals surface area contributed by atoms with E-state index >= 15 is 0 Å². The van der Waals surface area contributed by atoms with E-state index in [-0.39, 0.29) is 18.4 Å². The molecule has 2 atom stereocenters. The Hall–Kier alpha value is -2.52. The van der Waals surface area contributed by atoms with Gasteiger partial charge in [-0.25, -0.2) is 17.7 Å². The van der Waals surface area contributed by atoms with Crippen LogP contribution in [0.1, 0.15) is 44.2 Å². The van der Waals surface area contributed by atoms with Crippen molar-refractivity contribution in [3.63, 3.8) is 0 Å². The van der Waals surface area contributed by atoms with Gasteiger partial charge < -0.3 is 9.64 Å². The number of hydrogen-bond acceptors (Lipinski definition) is 6. The van der Waals surface area contributed by atoms with Crippen LogP contribution in [0.5, 0.6) is 11.6 Å². The summed E-state index contributed by atoms with van der Waals surface area (Å²) in [5.41, 5.74) is 0.107. The normalized spacial score (nSPS) is 24.8. The first-order valence-corrected chi connectivity index (χ1v) is 12.9. The Labute approximate surface area is 189 Å². The number of ether oxygens (including phenoxy) is 1. The van der Waals surface area contributed by atoms with Gasteiger partial charge in [-0.15, -0.1) is 0 Å². The molecular formula is C23H30N4O4S. The maximum atomic E-state index is 13.5. The van der Waals surface area contributed by atoms with Crippen LogP contribution in [0.2, 0.25) is 0 Å². The van der Waals surface area contributed by atoms with Crippen molar-refractivity contribution in [3.8, 4) is 11.6 Å². The minimum atomic E-state index is -3.32. The van der Waals surface area contributed by atoms with Crippen molar-refractivity contribution in [2.75, 3.05) is 32.4 Å². The van der Waals surface area contributed by atoms with E-state index < -0.39 is 15.4 Å². The van der Waals surface area contributed by atoms with Crippen LogP contribution >= 0.6 is 0 Å². The molecule has 32 heavy (non-hydrogen) atoms. The molecule has 3 heterocycles. The van der Waals surface area contributed by atoms with Gasteiger partial charge in [-0.3, -0.25) is 9.78 Å². The van der Waals surface area contributed by atoms with E-state index in [0.29, 0.717) is 44.1 Å². The maximum absolute atomic E-state index is 13.5. The molecule has 0 radical (unpaired) electrons. The van der Waals surface area contributed by atoms with Gasteiger partial charge in [0.2, 0.25) is 21.8 Å². The number of para-hydroxylation sites is 1. The predicted molar refractivity (Wildman–Crippen MR) is 121 cm³/mol. The minimum Gasteiger partial charge on any atom is -0.437 e. The Balaban J connectivity index is 1.46. The minimum absolute atomic E-state index is 0.0280. The average molecular weight is 459 g/mol. The van der Waals surface area contributed by atoms with Crippen molar-refractivity contribution in [1.82, 2.24) is 19.2 Å². The highest BCUT2D eigenvalue weighted by atomic mass is 32.2. The Kier molecular flexibility index (Phi) is 6.48. The quantitative estimate of drug-likeness (QED) is 0.684. The number of sulfonamides is 1. The number of nitrogens with zero attached hydrogens (tertiary/aromatic N) is 4. The van der Waals surface area contributed by atoms with E-state index in [1.807, 2.05) is 42.2 Å². The second kappa shape index (κ2) is 9.15. The Morgan fingerprint density at radius 1 is 1.16 bits per heavy atom. The first-order valence-electron chi connectivity index (χ1n) is 11.0. The largest absolute Gasteiger partial charge is 0.437 e. The van der Waals surface area contributed by atoms with Crippen LogP contribution in [0.4, 0.5) is 0 Å². The van der Waals surface area contributed by atoms with Crippen LogP contribution in [-0.4, -0.2) is 65.9 Å². The summed E-state index contributed by atoms with van der Waals surface area (Å²) in [5.74, 6) is 1.22. The van der Waals surface area contributed by atoms with E-state index in [2.05, 4.69) is 9.97 Å². The lowest BCUT2D eigenvalue weighted by atomic mass is 9.80. The van der Waals surface area contributed by atoms with Crippen molar-refractivity contribution in [3.05, 3.63) is 48.4 Å². The van der Waals surface area contributed by atoms with Crippen molar-refractivity contribution >= 4 is 15.9 Å². The lowest BCUT2D eigenvalue weighted by molar-refractivity contribution is -0.144. The zero-order valence-corrected chi connectivity index (χ0v) is 19.4. The summed E-state index contributed by atoms with van der Waals surface area (Å²) in [6, 6.07) is 9.44. The number of hydrogen-bond donors (Lipinski definition) is 0. The molecule has 8 nitrogen and oxygen atoms in total. The number of rotatable bonds is 5. The topological polar surface area (TPSA) is 92.7 Å². The molecule has 4 rings (SSSR count). The third-order valence-electron chi connectivity index (χ3n) is 6.37. The van der Waals surface area contributed by atoms with Crippen LogP contribution in [0.25, 0.3) is 0 Å². The Morgan fingerprint density at radius 3 is 2.69 bits per heavy atom. The Bertz CT molecular complexity index is 1060. The molecule has 2 aliphatic heterocycles. The van der Waals surface area contributed by atoms with E-state index in [1.165, 1.54) is 10.6 Å².